The van der Waals surface area contributed by atoms with Gasteiger partial charge in [0.25, 0.3) is 0 Å². The average molecular weight is 244 g/mol. The summed E-state index contributed by atoms with van der Waals surface area (Å²) in [6, 6.07) is 0. The maximum Gasteiger partial charge on any atom is 0.409 e. The van der Waals surface area contributed by atoms with Crippen molar-refractivity contribution in [2.45, 2.75) is 13.3 Å². The second-order valence-corrected chi connectivity index (χ2v) is 3.92. The number of piperazine rings is 1. The highest BCUT2D eigenvalue weighted by Crippen LogP contribution is 1.96. The molecule has 0 unspecified atom stereocenters. The Labute approximate surface area is 101 Å². The average Bonchev–Trinajstić information content (AvgIpc) is 2.34. The van der Waals surface area contributed by atoms with Crippen LogP contribution in [0.3, 0.4) is 0 Å². The maximum absolute atomic E-state index is 11.5. The van der Waals surface area contributed by atoms with Crippen molar-refractivity contribution >= 4 is 11.9 Å². The van der Waals surface area contributed by atoms with Gasteiger partial charge in [-0.2, -0.15) is 0 Å². The molecule has 1 rings (SSSR count). The number of ether oxygens (including phenoxy) is 2. The van der Waals surface area contributed by atoms with Crippen molar-refractivity contribution in [2.75, 3.05) is 46.0 Å². The zero-order chi connectivity index (χ0) is 12.5. The van der Waals surface area contributed by atoms with E-state index in [-0.39, 0.29) is 18.5 Å². The molecule has 0 saturated carbocycles. The molecule has 0 atom stereocenters. The van der Waals surface area contributed by atoms with Crippen LogP contribution >= 0.6 is 0 Å². The highest BCUT2D eigenvalue weighted by Gasteiger charge is 2.16. The Hall–Kier alpha value is -1.14. The fourth-order valence-electron chi connectivity index (χ4n) is 1.44. The molecule has 1 saturated heterocycles. The van der Waals surface area contributed by atoms with Crippen molar-refractivity contribution in [3.63, 3.8) is 0 Å². The SMILES string of the molecule is CC(=O)CCOCCOC(=O)N1CCNCC1. The molecule has 98 valence electrons. The number of ketones is 1. The fourth-order valence-corrected chi connectivity index (χ4v) is 1.44. The van der Waals surface area contributed by atoms with E-state index < -0.39 is 0 Å². The molecule has 1 aliphatic heterocycles. The topological polar surface area (TPSA) is 67.9 Å². The van der Waals surface area contributed by atoms with Gasteiger partial charge in [0, 0.05) is 32.6 Å². The number of hydrogen-bond acceptors (Lipinski definition) is 5. The lowest BCUT2D eigenvalue weighted by molar-refractivity contribution is -0.118. The fraction of sp³-hybridized carbons (Fsp3) is 0.818. The summed E-state index contributed by atoms with van der Waals surface area (Å²) in [5.74, 6) is 0.0998. The van der Waals surface area contributed by atoms with E-state index >= 15 is 0 Å². The normalized spacial score (nSPS) is 15.7. The first kappa shape index (κ1) is 13.9. The van der Waals surface area contributed by atoms with Crippen LogP contribution < -0.4 is 5.32 Å². The molecule has 1 heterocycles. The second-order valence-electron chi connectivity index (χ2n) is 3.92. The molecule has 0 bridgehead atoms. The summed E-state index contributed by atoms with van der Waals surface area (Å²) in [4.78, 5) is 23.8. The molecule has 6 heteroatoms. The summed E-state index contributed by atoms with van der Waals surface area (Å²) in [6.45, 7) is 5.47. The number of carbonyl (C=O) groups excluding carboxylic acids is 2. The van der Waals surface area contributed by atoms with Crippen molar-refractivity contribution in [1.82, 2.24) is 10.2 Å². The van der Waals surface area contributed by atoms with E-state index in [1.165, 1.54) is 6.92 Å². The Kier molecular flexibility index (Phi) is 6.57. The quantitative estimate of drug-likeness (QED) is 0.667. The van der Waals surface area contributed by atoms with E-state index in [0.29, 0.717) is 32.7 Å². The number of rotatable bonds is 6. The van der Waals surface area contributed by atoms with Gasteiger partial charge in [-0.3, -0.25) is 4.79 Å². The number of Topliss-reactive ketones (excluding diaryl/α,β-unsaturated/α-hetero) is 1. The zero-order valence-corrected chi connectivity index (χ0v) is 10.2. The minimum absolute atomic E-state index is 0.0998. The van der Waals surface area contributed by atoms with Gasteiger partial charge in [-0.1, -0.05) is 0 Å². The third-order valence-corrected chi connectivity index (χ3v) is 2.43. The van der Waals surface area contributed by atoms with Gasteiger partial charge in [0.2, 0.25) is 0 Å². The van der Waals surface area contributed by atoms with Gasteiger partial charge in [0.15, 0.2) is 0 Å². The highest BCUT2D eigenvalue weighted by atomic mass is 16.6. The second kappa shape index (κ2) is 8.03. The van der Waals surface area contributed by atoms with Crippen molar-refractivity contribution < 1.29 is 19.1 Å². The van der Waals surface area contributed by atoms with E-state index in [1.54, 1.807) is 4.90 Å². The Morgan fingerprint density at radius 1 is 1.18 bits per heavy atom. The van der Waals surface area contributed by atoms with Crippen molar-refractivity contribution in [1.29, 1.82) is 0 Å². The number of hydrogen-bond donors (Lipinski definition) is 1. The van der Waals surface area contributed by atoms with Crippen molar-refractivity contribution in [2.24, 2.45) is 0 Å². The molecule has 0 spiro atoms. The van der Waals surface area contributed by atoms with Crippen LogP contribution in [-0.2, 0) is 14.3 Å². The molecule has 1 N–H and O–H groups in total. The summed E-state index contributed by atoms with van der Waals surface area (Å²) < 4.78 is 10.2. The van der Waals surface area contributed by atoms with Crippen molar-refractivity contribution in [3.8, 4) is 0 Å². The summed E-state index contributed by atoms with van der Waals surface area (Å²) in [7, 11) is 0. The highest BCUT2D eigenvalue weighted by molar-refractivity contribution is 5.75. The molecule has 0 aromatic rings. The van der Waals surface area contributed by atoms with Crippen LogP contribution in [0.5, 0.6) is 0 Å². The monoisotopic (exact) mass is 244 g/mol. The van der Waals surface area contributed by atoms with Crippen LogP contribution in [-0.4, -0.2) is 62.8 Å². The standard InChI is InChI=1S/C11H20N2O4/c1-10(14)2-7-16-8-9-17-11(15)13-5-3-12-4-6-13/h12H,2-9H2,1H3. The predicted octanol–water partition coefficient (Wildman–Crippen LogP) is 0.0239. The smallest absolute Gasteiger partial charge is 0.409 e. The molecular formula is C11H20N2O4. The van der Waals surface area contributed by atoms with Gasteiger partial charge in [0.05, 0.1) is 13.2 Å². The maximum atomic E-state index is 11.5. The van der Waals surface area contributed by atoms with Crippen LogP contribution in [0.25, 0.3) is 0 Å². The minimum atomic E-state index is -0.290. The van der Waals surface area contributed by atoms with Crippen LogP contribution in [0.2, 0.25) is 0 Å². The molecule has 17 heavy (non-hydrogen) atoms. The Morgan fingerprint density at radius 3 is 2.53 bits per heavy atom. The predicted molar refractivity (Wildman–Crippen MR) is 61.9 cm³/mol. The van der Waals surface area contributed by atoms with Crippen molar-refractivity contribution in [3.05, 3.63) is 0 Å². The third kappa shape index (κ3) is 6.23. The molecular weight excluding hydrogens is 224 g/mol. The Balaban J connectivity index is 1.98. The van der Waals surface area contributed by atoms with Gasteiger partial charge in [-0.25, -0.2) is 4.79 Å². The van der Waals surface area contributed by atoms with E-state index in [9.17, 15) is 9.59 Å². The largest absolute Gasteiger partial charge is 0.447 e. The van der Waals surface area contributed by atoms with Gasteiger partial charge < -0.3 is 19.7 Å². The molecule has 0 aromatic carbocycles. The summed E-state index contributed by atoms with van der Waals surface area (Å²) in [6.07, 6.45) is 0.118. The molecule has 0 radical (unpaired) electrons. The lowest BCUT2D eigenvalue weighted by atomic mass is 10.3. The molecule has 1 aliphatic rings. The van der Waals surface area contributed by atoms with E-state index in [4.69, 9.17) is 9.47 Å². The van der Waals surface area contributed by atoms with E-state index in [2.05, 4.69) is 5.32 Å². The third-order valence-electron chi connectivity index (χ3n) is 2.43. The molecule has 1 amide bonds. The Morgan fingerprint density at radius 2 is 1.88 bits per heavy atom. The number of amides is 1. The first-order valence-corrected chi connectivity index (χ1v) is 5.90. The minimum Gasteiger partial charge on any atom is -0.447 e. The lowest BCUT2D eigenvalue weighted by Crippen LogP contribution is -2.46. The molecule has 1 fully saturated rings. The zero-order valence-electron chi connectivity index (χ0n) is 10.2. The summed E-state index contributed by atoms with van der Waals surface area (Å²) >= 11 is 0. The van der Waals surface area contributed by atoms with Gasteiger partial charge in [-0.05, 0) is 6.92 Å². The van der Waals surface area contributed by atoms with Crippen LogP contribution in [0.15, 0.2) is 0 Å². The first-order chi connectivity index (χ1) is 8.20. The lowest BCUT2D eigenvalue weighted by Gasteiger charge is -2.26. The van der Waals surface area contributed by atoms with Crippen LogP contribution in [0.1, 0.15) is 13.3 Å². The van der Waals surface area contributed by atoms with Gasteiger partial charge >= 0.3 is 6.09 Å². The van der Waals surface area contributed by atoms with E-state index in [0.717, 1.165) is 13.1 Å². The number of nitrogens with zero attached hydrogens (tertiary/aromatic N) is 1. The molecule has 0 aliphatic carbocycles. The summed E-state index contributed by atoms with van der Waals surface area (Å²) in [5.41, 5.74) is 0. The van der Waals surface area contributed by atoms with Crippen LogP contribution in [0.4, 0.5) is 4.79 Å². The number of carbonyl (C=O) groups is 2. The van der Waals surface area contributed by atoms with E-state index in [1.807, 2.05) is 0 Å². The Bertz CT molecular complexity index is 252. The molecule has 6 nitrogen and oxygen atoms in total. The number of nitrogens with one attached hydrogen (secondary N) is 1. The first-order valence-electron chi connectivity index (χ1n) is 5.90. The molecule has 0 aromatic heterocycles. The summed E-state index contributed by atoms with van der Waals surface area (Å²) in [5, 5.41) is 3.16. The van der Waals surface area contributed by atoms with Gasteiger partial charge in [-0.15, -0.1) is 0 Å². The van der Waals surface area contributed by atoms with Crippen LogP contribution in [0, 0.1) is 0 Å². The van der Waals surface area contributed by atoms with Gasteiger partial charge in [0.1, 0.15) is 12.4 Å².